The minimum atomic E-state index is -2.94. The summed E-state index contributed by atoms with van der Waals surface area (Å²) in [6.07, 6.45) is 3.91. The maximum Gasteiger partial charge on any atom is 0.264 e. The van der Waals surface area contributed by atoms with Crippen molar-refractivity contribution in [3.63, 3.8) is 0 Å². The maximum atomic E-state index is 14.0. The van der Waals surface area contributed by atoms with Crippen molar-refractivity contribution in [2.75, 3.05) is 10.6 Å². The number of nitrogens with two attached hydrogens (primary N) is 2. The first-order chi connectivity index (χ1) is 15.3. The lowest BCUT2D eigenvalue weighted by Crippen LogP contribution is -2.55. The van der Waals surface area contributed by atoms with Crippen LogP contribution in [0.25, 0.3) is 11.4 Å². The van der Waals surface area contributed by atoms with E-state index in [-0.39, 0.29) is 17.8 Å². The molecule has 10 heteroatoms. The highest BCUT2D eigenvalue weighted by Crippen LogP contribution is 2.34. The second-order valence-electron chi connectivity index (χ2n) is 7.66. The second-order valence-corrected chi connectivity index (χ2v) is 7.66. The number of primary amides is 1. The third kappa shape index (κ3) is 4.65. The van der Waals surface area contributed by atoms with E-state index in [1.807, 2.05) is 12.1 Å². The van der Waals surface area contributed by atoms with Crippen LogP contribution in [0, 0.1) is 0 Å². The normalized spacial score (nSPS) is 19.8. The van der Waals surface area contributed by atoms with Crippen molar-refractivity contribution in [2.24, 2.45) is 11.5 Å². The number of nitrogens with zero attached hydrogens (tertiary/aromatic N) is 3. The zero-order valence-corrected chi connectivity index (χ0v) is 17.1. The number of anilines is 3. The molecule has 8 nitrogen and oxygen atoms in total. The smallest absolute Gasteiger partial charge is 0.264 e. The lowest BCUT2D eigenvalue weighted by molar-refractivity contribution is -0.0554. The van der Waals surface area contributed by atoms with Gasteiger partial charge in [-0.1, -0.05) is 12.1 Å². The number of aromatic nitrogens is 3. The van der Waals surface area contributed by atoms with Gasteiger partial charge in [-0.25, -0.2) is 23.7 Å². The molecule has 1 fully saturated rings. The van der Waals surface area contributed by atoms with E-state index in [9.17, 15) is 13.6 Å². The zero-order chi connectivity index (χ0) is 22.7. The Morgan fingerprint density at radius 2 is 1.91 bits per heavy atom. The standard InChI is InChI=1S/C22H23F2N7O/c23-22(24)9-2-6-16(18(22)25)30-17-8-7-15(19(26)32)21(31-17)29-14-5-1-4-13(12-14)20-27-10-3-11-28-20/h1,3-5,7-8,10-12,16,18H,2,6,9,25H2,(H2,26,32)(H2,29,30,31)/t16-,18-/m1/s1. The summed E-state index contributed by atoms with van der Waals surface area (Å²) in [6.45, 7) is 0. The van der Waals surface area contributed by atoms with Crippen molar-refractivity contribution in [2.45, 2.75) is 37.3 Å². The summed E-state index contributed by atoms with van der Waals surface area (Å²) in [5.41, 5.74) is 12.8. The maximum absolute atomic E-state index is 14.0. The Bertz CT molecular complexity index is 1110. The van der Waals surface area contributed by atoms with Gasteiger partial charge >= 0.3 is 0 Å². The molecule has 0 radical (unpaired) electrons. The average molecular weight is 439 g/mol. The third-order valence-electron chi connectivity index (χ3n) is 5.39. The third-order valence-corrected chi connectivity index (χ3v) is 5.39. The number of nitrogens with one attached hydrogen (secondary N) is 2. The van der Waals surface area contributed by atoms with Crippen LogP contribution in [0.5, 0.6) is 0 Å². The van der Waals surface area contributed by atoms with Gasteiger partial charge in [-0.2, -0.15) is 0 Å². The molecule has 0 bridgehead atoms. The number of benzene rings is 1. The van der Waals surface area contributed by atoms with Crippen LogP contribution in [-0.2, 0) is 0 Å². The summed E-state index contributed by atoms with van der Waals surface area (Å²) in [5, 5.41) is 6.07. The average Bonchev–Trinajstić information content (AvgIpc) is 2.78. The summed E-state index contributed by atoms with van der Waals surface area (Å²) in [6, 6.07) is 10.0. The lowest BCUT2D eigenvalue weighted by atomic mass is 9.87. The number of hydrogen-bond acceptors (Lipinski definition) is 7. The first-order valence-electron chi connectivity index (χ1n) is 10.2. The molecule has 1 amide bonds. The van der Waals surface area contributed by atoms with Gasteiger partial charge in [-0.05, 0) is 43.2 Å². The Morgan fingerprint density at radius 1 is 1.12 bits per heavy atom. The van der Waals surface area contributed by atoms with E-state index in [4.69, 9.17) is 11.5 Å². The predicted molar refractivity (Wildman–Crippen MR) is 118 cm³/mol. The SMILES string of the molecule is NC(=O)c1ccc(N[C@@H]2CCCC(F)(F)[C@@H]2N)nc1Nc1cccc(-c2ncccn2)c1. The zero-order valence-electron chi connectivity index (χ0n) is 17.1. The fourth-order valence-electron chi connectivity index (χ4n) is 3.70. The van der Waals surface area contributed by atoms with Crippen molar-refractivity contribution >= 4 is 23.2 Å². The highest BCUT2D eigenvalue weighted by molar-refractivity contribution is 5.98. The van der Waals surface area contributed by atoms with Gasteiger partial charge in [0.1, 0.15) is 11.6 Å². The predicted octanol–water partition coefficient (Wildman–Crippen LogP) is 3.31. The van der Waals surface area contributed by atoms with Gasteiger partial charge in [-0.3, -0.25) is 4.79 Å². The molecular weight excluding hydrogens is 416 g/mol. The molecule has 32 heavy (non-hydrogen) atoms. The van der Waals surface area contributed by atoms with E-state index in [0.717, 1.165) is 5.56 Å². The molecule has 2 aromatic heterocycles. The summed E-state index contributed by atoms with van der Waals surface area (Å²) < 4.78 is 28.0. The van der Waals surface area contributed by atoms with Crippen LogP contribution in [0.4, 0.5) is 26.1 Å². The summed E-state index contributed by atoms with van der Waals surface area (Å²) in [7, 11) is 0. The van der Waals surface area contributed by atoms with Crippen molar-refractivity contribution in [1.82, 2.24) is 15.0 Å². The number of amides is 1. The number of carbonyl (C=O) groups is 1. The molecule has 4 rings (SSSR count). The van der Waals surface area contributed by atoms with E-state index < -0.39 is 23.9 Å². The lowest BCUT2D eigenvalue weighted by Gasteiger charge is -2.36. The van der Waals surface area contributed by atoms with Crippen LogP contribution in [0.2, 0.25) is 0 Å². The van der Waals surface area contributed by atoms with Gasteiger partial charge in [0.25, 0.3) is 11.8 Å². The molecule has 0 aliphatic heterocycles. The Hall–Kier alpha value is -3.66. The molecular formula is C22H23F2N7O. The Kier molecular flexibility index (Phi) is 5.95. The van der Waals surface area contributed by atoms with Crippen LogP contribution in [0.15, 0.2) is 54.9 Å². The minimum absolute atomic E-state index is 0.162. The van der Waals surface area contributed by atoms with E-state index in [1.165, 1.54) is 12.1 Å². The summed E-state index contributed by atoms with van der Waals surface area (Å²) in [5.74, 6) is -2.55. The van der Waals surface area contributed by atoms with Crippen LogP contribution in [0.1, 0.15) is 29.6 Å². The molecule has 2 heterocycles. The van der Waals surface area contributed by atoms with E-state index in [2.05, 4.69) is 25.6 Å². The molecule has 2 atom stereocenters. The van der Waals surface area contributed by atoms with Gasteiger partial charge < -0.3 is 22.1 Å². The second kappa shape index (κ2) is 8.83. The van der Waals surface area contributed by atoms with Gasteiger partial charge in [0.15, 0.2) is 5.82 Å². The Labute approximate surface area is 183 Å². The van der Waals surface area contributed by atoms with Gasteiger partial charge in [0.05, 0.1) is 11.6 Å². The summed E-state index contributed by atoms with van der Waals surface area (Å²) >= 11 is 0. The molecule has 0 saturated heterocycles. The number of hydrogen-bond donors (Lipinski definition) is 4. The largest absolute Gasteiger partial charge is 0.365 e. The highest BCUT2D eigenvalue weighted by atomic mass is 19.3. The van der Waals surface area contributed by atoms with Crippen molar-refractivity contribution in [3.05, 3.63) is 60.4 Å². The fourth-order valence-corrected chi connectivity index (χ4v) is 3.70. The molecule has 0 spiro atoms. The number of rotatable bonds is 6. The molecule has 166 valence electrons. The number of alkyl halides is 2. The topological polar surface area (TPSA) is 132 Å². The van der Waals surface area contributed by atoms with Crippen LogP contribution in [-0.4, -0.2) is 38.9 Å². The first-order valence-corrected chi connectivity index (χ1v) is 10.2. The fraction of sp³-hybridized carbons (Fsp3) is 0.273. The van der Waals surface area contributed by atoms with Gasteiger partial charge in [-0.15, -0.1) is 0 Å². The molecule has 1 aromatic carbocycles. The molecule has 0 unspecified atom stereocenters. The Morgan fingerprint density at radius 3 is 2.66 bits per heavy atom. The molecule has 1 aliphatic carbocycles. The first kappa shape index (κ1) is 21.6. The minimum Gasteiger partial charge on any atom is -0.365 e. The monoisotopic (exact) mass is 439 g/mol. The van der Waals surface area contributed by atoms with E-state index in [0.29, 0.717) is 30.2 Å². The Balaban J connectivity index is 1.60. The van der Waals surface area contributed by atoms with Gasteiger partial charge in [0.2, 0.25) is 0 Å². The molecule has 1 saturated carbocycles. The summed E-state index contributed by atoms with van der Waals surface area (Å²) in [4.78, 5) is 24.8. The van der Waals surface area contributed by atoms with Crippen LogP contribution >= 0.6 is 0 Å². The molecule has 6 N–H and O–H groups in total. The van der Waals surface area contributed by atoms with E-state index in [1.54, 1.807) is 30.6 Å². The van der Waals surface area contributed by atoms with E-state index >= 15 is 0 Å². The van der Waals surface area contributed by atoms with Crippen LogP contribution < -0.4 is 22.1 Å². The number of halogens is 2. The van der Waals surface area contributed by atoms with Crippen LogP contribution in [0.3, 0.4) is 0 Å². The van der Waals surface area contributed by atoms with Crippen molar-refractivity contribution in [1.29, 1.82) is 0 Å². The number of carbonyl (C=O) groups excluding carboxylic acids is 1. The quantitative estimate of drug-likeness (QED) is 0.463. The molecule has 3 aromatic rings. The number of pyridine rings is 1. The van der Waals surface area contributed by atoms with Crippen molar-refractivity contribution < 1.29 is 13.6 Å². The molecule has 1 aliphatic rings. The highest BCUT2D eigenvalue weighted by Gasteiger charge is 2.44. The van der Waals surface area contributed by atoms with Crippen molar-refractivity contribution in [3.8, 4) is 11.4 Å². The van der Waals surface area contributed by atoms with Gasteiger partial charge in [0, 0.05) is 36.1 Å².